The van der Waals surface area contributed by atoms with Crippen molar-refractivity contribution in [2.75, 3.05) is 19.7 Å². The second kappa shape index (κ2) is 13.0. The molecule has 0 aliphatic carbocycles. The molecule has 0 aromatic heterocycles. The number of aliphatic carboxylic acids is 1. The average Bonchev–Trinajstić information content (AvgIpc) is 2.80. The van der Waals surface area contributed by atoms with Crippen LogP contribution in [0.25, 0.3) is 0 Å². The minimum Gasteiger partial charge on any atom is -0.480 e. The molecule has 1 aliphatic heterocycles. The summed E-state index contributed by atoms with van der Waals surface area (Å²) in [5.41, 5.74) is 0.179. The Kier molecular flexibility index (Phi) is 10.5. The fourth-order valence-electron chi connectivity index (χ4n) is 3.60. The van der Waals surface area contributed by atoms with Gasteiger partial charge in [-0.3, -0.25) is 4.79 Å². The van der Waals surface area contributed by atoms with Crippen LogP contribution < -0.4 is 5.32 Å². The molecule has 1 aromatic rings. The molecular formula is C24H34N2O8. The van der Waals surface area contributed by atoms with E-state index in [1.54, 1.807) is 25.7 Å². The Morgan fingerprint density at radius 2 is 1.82 bits per heavy atom. The number of hydrogen-bond donors (Lipinski definition) is 2. The van der Waals surface area contributed by atoms with Gasteiger partial charge in [0.2, 0.25) is 5.91 Å². The van der Waals surface area contributed by atoms with Gasteiger partial charge in [-0.2, -0.15) is 0 Å². The molecule has 34 heavy (non-hydrogen) atoms. The molecule has 1 aliphatic rings. The molecule has 2 atom stereocenters. The molecule has 2 amide bonds. The molecule has 10 heteroatoms. The largest absolute Gasteiger partial charge is 0.480 e. The van der Waals surface area contributed by atoms with Gasteiger partial charge in [0.05, 0.1) is 11.7 Å². The van der Waals surface area contributed by atoms with Gasteiger partial charge in [0, 0.05) is 19.5 Å². The number of aldehydes is 1. The van der Waals surface area contributed by atoms with Crippen LogP contribution in [0.5, 0.6) is 0 Å². The molecule has 1 saturated heterocycles. The first-order valence-electron chi connectivity index (χ1n) is 11.3. The third-order valence-corrected chi connectivity index (χ3v) is 5.12. The van der Waals surface area contributed by atoms with Crippen molar-refractivity contribution < 1.29 is 38.5 Å². The number of likely N-dealkylation sites (tertiary alicyclic amines) is 1. The number of nitrogens with one attached hydrogen (secondary N) is 1. The summed E-state index contributed by atoms with van der Waals surface area (Å²) in [7, 11) is 0. The summed E-state index contributed by atoms with van der Waals surface area (Å²) in [6.07, 6.45) is -0.416. The Morgan fingerprint density at radius 1 is 1.18 bits per heavy atom. The van der Waals surface area contributed by atoms with Gasteiger partial charge in [0.1, 0.15) is 31.6 Å². The van der Waals surface area contributed by atoms with Crippen LogP contribution in [0.3, 0.4) is 0 Å². The number of hydrogen-bond acceptors (Lipinski definition) is 7. The Bertz CT molecular complexity index is 816. The number of alkyl carbamates (subject to hydrolysis) is 1. The molecule has 2 N–H and O–H groups in total. The Morgan fingerprint density at radius 3 is 2.38 bits per heavy atom. The topological polar surface area (TPSA) is 131 Å². The number of carboxylic acids is 1. The van der Waals surface area contributed by atoms with Gasteiger partial charge >= 0.3 is 12.1 Å². The summed E-state index contributed by atoms with van der Waals surface area (Å²) >= 11 is 0. The van der Waals surface area contributed by atoms with E-state index < -0.39 is 29.8 Å². The lowest BCUT2D eigenvalue weighted by Crippen LogP contribution is -2.53. The highest BCUT2D eigenvalue weighted by Gasteiger charge is 2.33. The maximum Gasteiger partial charge on any atom is 0.408 e. The number of carbonyl (C=O) groups is 4. The van der Waals surface area contributed by atoms with E-state index in [-0.39, 0.29) is 31.6 Å². The lowest BCUT2D eigenvalue weighted by atomic mass is 10.0. The van der Waals surface area contributed by atoms with Crippen LogP contribution in [0.1, 0.15) is 45.6 Å². The quantitative estimate of drug-likeness (QED) is 0.463. The zero-order valence-corrected chi connectivity index (χ0v) is 19.9. The van der Waals surface area contributed by atoms with E-state index in [1.807, 2.05) is 30.3 Å². The Labute approximate surface area is 199 Å². The second-order valence-electron chi connectivity index (χ2n) is 9.13. The van der Waals surface area contributed by atoms with Gasteiger partial charge in [-0.25, -0.2) is 9.59 Å². The molecule has 0 spiro atoms. The number of piperidine rings is 1. The van der Waals surface area contributed by atoms with Crippen LogP contribution in [-0.2, 0) is 35.2 Å². The van der Waals surface area contributed by atoms with Gasteiger partial charge in [-0.05, 0) is 39.2 Å². The minimum atomic E-state index is -1.05. The first-order chi connectivity index (χ1) is 16.1. The average molecular weight is 479 g/mol. The molecule has 10 nitrogen and oxygen atoms in total. The maximum atomic E-state index is 13.2. The zero-order chi connectivity index (χ0) is 25.1. The first-order valence-corrected chi connectivity index (χ1v) is 11.3. The Hall–Kier alpha value is -2.98. The van der Waals surface area contributed by atoms with Crippen LogP contribution in [0.2, 0.25) is 0 Å². The zero-order valence-electron chi connectivity index (χ0n) is 19.9. The van der Waals surface area contributed by atoms with Crippen molar-refractivity contribution in [1.82, 2.24) is 10.2 Å². The summed E-state index contributed by atoms with van der Waals surface area (Å²) in [5, 5.41) is 11.3. The van der Waals surface area contributed by atoms with Crippen molar-refractivity contribution in [3.05, 3.63) is 35.9 Å². The van der Waals surface area contributed by atoms with Crippen LogP contribution >= 0.6 is 0 Å². The lowest BCUT2D eigenvalue weighted by molar-refractivity contribution is -0.147. The summed E-state index contributed by atoms with van der Waals surface area (Å²) in [6.45, 7) is 5.71. The van der Waals surface area contributed by atoms with Crippen LogP contribution in [0.15, 0.2) is 30.3 Å². The molecule has 1 heterocycles. The third kappa shape index (κ3) is 9.88. The second-order valence-corrected chi connectivity index (χ2v) is 9.13. The smallest absolute Gasteiger partial charge is 0.408 e. The number of amides is 2. The van der Waals surface area contributed by atoms with Crippen molar-refractivity contribution in [2.24, 2.45) is 0 Å². The molecule has 188 valence electrons. The number of carbonyl (C=O) groups excluding carboxylic acids is 3. The molecule has 1 fully saturated rings. The van der Waals surface area contributed by atoms with Crippen LogP contribution in [0.4, 0.5) is 4.79 Å². The third-order valence-electron chi connectivity index (χ3n) is 5.12. The van der Waals surface area contributed by atoms with E-state index in [2.05, 4.69) is 5.32 Å². The van der Waals surface area contributed by atoms with Crippen molar-refractivity contribution >= 4 is 24.3 Å². The number of rotatable bonds is 11. The first kappa shape index (κ1) is 27.3. The van der Waals surface area contributed by atoms with Gasteiger partial charge in [-0.15, -0.1) is 0 Å². The van der Waals surface area contributed by atoms with Gasteiger partial charge in [0.25, 0.3) is 0 Å². The van der Waals surface area contributed by atoms with Crippen molar-refractivity contribution in [1.29, 1.82) is 0 Å². The van der Waals surface area contributed by atoms with Crippen LogP contribution in [-0.4, -0.2) is 77.8 Å². The fourth-order valence-corrected chi connectivity index (χ4v) is 3.60. The monoisotopic (exact) mass is 478 g/mol. The number of carboxylic acid groups (broad SMARTS) is 1. The number of benzene rings is 1. The van der Waals surface area contributed by atoms with Crippen molar-refractivity contribution in [2.45, 2.75) is 70.5 Å². The highest BCUT2D eigenvalue weighted by Crippen LogP contribution is 2.18. The lowest BCUT2D eigenvalue weighted by Gasteiger charge is -2.35. The summed E-state index contributed by atoms with van der Waals surface area (Å²) in [6, 6.07) is 8.09. The summed E-state index contributed by atoms with van der Waals surface area (Å²) in [4.78, 5) is 49.6. The highest BCUT2D eigenvalue weighted by atomic mass is 16.5. The summed E-state index contributed by atoms with van der Waals surface area (Å²) in [5.74, 6) is -1.41. The van der Waals surface area contributed by atoms with Gasteiger partial charge < -0.3 is 34.3 Å². The standard InChI is InChI=1S/C24H34N2O8/c1-24(2,3)34-19(14-27)13-20(25-23(31)33-15-17-7-5-4-6-8-17)22(30)26-11-9-18(10-12-26)32-16-21(28)29/h4-8,14,18-20H,9-13,15-16H2,1-3H3,(H,25,31)(H,28,29)/t19?,20-/m0/s1. The maximum absolute atomic E-state index is 13.2. The van der Waals surface area contributed by atoms with Crippen molar-refractivity contribution in [3.8, 4) is 0 Å². The molecule has 2 rings (SSSR count). The molecule has 0 radical (unpaired) electrons. The fraction of sp³-hybridized carbons (Fsp3) is 0.583. The minimum absolute atomic E-state index is 0.0372. The van der Waals surface area contributed by atoms with Gasteiger partial charge in [-0.1, -0.05) is 30.3 Å². The summed E-state index contributed by atoms with van der Waals surface area (Å²) < 4.78 is 16.3. The normalized spacial score (nSPS) is 16.4. The molecule has 0 saturated carbocycles. The Balaban J connectivity index is 2.01. The van der Waals surface area contributed by atoms with E-state index in [0.29, 0.717) is 32.2 Å². The van der Waals surface area contributed by atoms with E-state index in [1.165, 1.54) is 0 Å². The number of ether oxygens (including phenoxy) is 3. The molecule has 1 aromatic carbocycles. The van der Waals surface area contributed by atoms with Crippen LogP contribution in [0, 0.1) is 0 Å². The van der Waals surface area contributed by atoms with E-state index >= 15 is 0 Å². The van der Waals surface area contributed by atoms with E-state index in [9.17, 15) is 19.2 Å². The highest BCUT2D eigenvalue weighted by molar-refractivity contribution is 5.86. The van der Waals surface area contributed by atoms with E-state index in [4.69, 9.17) is 19.3 Å². The predicted molar refractivity (Wildman–Crippen MR) is 122 cm³/mol. The van der Waals surface area contributed by atoms with E-state index in [0.717, 1.165) is 5.56 Å². The SMILES string of the molecule is CC(C)(C)OC(C=O)C[C@H](NC(=O)OCc1ccccc1)C(=O)N1CCC(OCC(=O)O)CC1. The number of nitrogens with zero attached hydrogens (tertiary/aromatic N) is 1. The van der Waals surface area contributed by atoms with Crippen molar-refractivity contribution in [3.63, 3.8) is 0 Å². The molecular weight excluding hydrogens is 444 g/mol. The molecule has 1 unspecified atom stereocenters. The van der Waals surface area contributed by atoms with Gasteiger partial charge in [0.15, 0.2) is 0 Å². The molecule has 0 bridgehead atoms. The predicted octanol–water partition coefficient (Wildman–Crippen LogP) is 2.15.